The van der Waals surface area contributed by atoms with Crippen molar-refractivity contribution >= 4 is 23.3 Å². The van der Waals surface area contributed by atoms with Crippen LogP contribution in [0.4, 0.5) is 0 Å². The summed E-state index contributed by atoms with van der Waals surface area (Å²) >= 11 is 6.49. The van der Waals surface area contributed by atoms with Crippen LogP contribution >= 0.6 is 11.6 Å². The molecule has 0 radical (unpaired) electrons. The molecule has 1 N–H and O–H groups in total. The first kappa shape index (κ1) is 20.7. The number of fused-ring (bicyclic) bond motifs is 2. The number of nitrogens with one attached hydrogen (secondary N) is 1. The number of rotatable bonds is 4. The normalized spacial score (nSPS) is 19.2. The molecule has 2 atom stereocenters. The quantitative estimate of drug-likeness (QED) is 0.365. The first-order valence-electron chi connectivity index (χ1n) is 10.6. The lowest BCUT2D eigenvalue weighted by atomic mass is 9.90. The Labute approximate surface area is 191 Å². The fourth-order valence-electron chi connectivity index (χ4n) is 4.69. The van der Waals surface area contributed by atoms with Gasteiger partial charge >= 0.3 is 0 Å². The van der Waals surface area contributed by atoms with Crippen LogP contribution in [0.1, 0.15) is 40.2 Å². The minimum atomic E-state index is -0.556. The summed E-state index contributed by atoms with van der Waals surface area (Å²) in [6, 6.07) is 9.41. The second-order valence-electron chi connectivity index (χ2n) is 8.03. The number of aromatic nitrogens is 3. The third kappa shape index (κ3) is 3.67. The molecule has 1 saturated heterocycles. The van der Waals surface area contributed by atoms with Crippen molar-refractivity contribution < 1.29 is 0 Å². The van der Waals surface area contributed by atoms with Crippen LogP contribution in [0, 0.1) is 0 Å². The molecule has 3 aromatic rings. The van der Waals surface area contributed by atoms with Gasteiger partial charge in [0.25, 0.3) is 0 Å². The largest absolute Gasteiger partial charge is 0.337 e. The number of imidazole rings is 1. The maximum absolute atomic E-state index is 9.43. The van der Waals surface area contributed by atoms with E-state index in [1.807, 2.05) is 36.0 Å². The van der Waals surface area contributed by atoms with Crippen LogP contribution in [0.3, 0.4) is 0 Å². The monoisotopic (exact) mass is 446 g/mol. The highest BCUT2D eigenvalue weighted by atomic mass is 35.5. The SMILES string of the molecule is Cn1cncc1C(N=[N+]=[N-])C1=Cc2cccnc2[C@@H](N2CCNCC2)c2ccc(Cl)cc21. The van der Waals surface area contributed by atoms with E-state index in [0.717, 1.165) is 59.8 Å². The van der Waals surface area contributed by atoms with E-state index in [-0.39, 0.29) is 6.04 Å². The van der Waals surface area contributed by atoms with Crippen LogP contribution in [0.2, 0.25) is 5.02 Å². The average Bonchev–Trinajstić information content (AvgIpc) is 3.18. The van der Waals surface area contributed by atoms with Gasteiger partial charge in [-0.2, -0.15) is 0 Å². The fourth-order valence-corrected chi connectivity index (χ4v) is 4.86. The maximum atomic E-state index is 9.43. The zero-order chi connectivity index (χ0) is 22.1. The summed E-state index contributed by atoms with van der Waals surface area (Å²) in [7, 11) is 1.90. The van der Waals surface area contributed by atoms with E-state index >= 15 is 0 Å². The zero-order valence-corrected chi connectivity index (χ0v) is 18.4. The highest BCUT2D eigenvalue weighted by molar-refractivity contribution is 6.30. The topological polar surface area (TPSA) is 94.7 Å². The highest BCUT2D eigenvalue weighted by Gasteiger charge is 2.33. The van der Waals surface area contributed by atoms with Crippen LogP contribution in [0.5, 0.6) is 0 Å². The minimum absolute atomic E-state index is 0.0208. The maximum Gasteiger partial charge on any atom is 0.105 e. The van der Waals surface area contributed by atoms with Crippen molar-refractivity contribution in [1.82, 2.24) is 24.8 Å². The molecule has 162 valence electrons. The molecule has 1 fully saturated rings. The van der Waals surface area contributed by atoms with E-state index in [2.05, 4.69) is 43.4 Å². The first-order chi connectivity index (χ1) is 15.7. The van der Waals surface area contributed by atoms with Gasteiger partial charge in [-0.15, -0.1) is 0 Å². The standard InChI is InChI=1S/C23H23ClN8/c1-31-14-27-13-20(31)22(29-30-25)19-11-15-3-2-6-28-21(15)23(32-9-7-26-8-10-32)17-5-4-16(24)12-18(17)19/h2-6,11-14,22-23,26H,7-10H2,1H3/t22?,23-/m0/s1. The van der Waals surface area contributed by atoms with Gasteiger partial charge in [-0.1, -0.05) is 28.8 Å². The third-order valence-corrected chi connectivity index (χ3v) is 6.41. The summed E-state index contributed by atoms with van der Waals surface area (Å²) in [5.74, 6) is 0. The summed E-state index contributed by atoms with van der Waals surface area (Å²) in [6.07, 6.45) is 7.39. The van der Waals surface area contributed by atoms with Crippen molar-refractivity contribution in [2.24, 2.45) is 12.2 Å². The van der Waals surface area contributed by atoms with E-state index in [0.29, 0.717) is 5.02 Å². The van der Waals surface area contributed by atoms with Gasteiger partial charge < -0.3 is 9.88 Å². The van der Waals surface area contributed by atoms with E-state index < -0.39 is 6.04 Å². The lowest BCUT2D eigenvalue weighted by Gasteiger charge is -2.36. The Morgan fingerprint density at radius 1 is 1.28 bits per heavy atom. The molecule has 0 saturated carbocycles. The first-order valence-corrected chi connectivity index (χ1v) is 11.0. The lowest BCUT2D eigenvalue weighted by molar-refractivity contribution is 0.195. The van der Waals surface area contributed by atoms with Gasteiger partial charge in [0.05, 0.1) is 23.8 Å². The number of pyridine rings is 1. The van der Waals surface area contributed by atoms with Crippen LogP contribution < -0.4 is 5.32 Å². The Hall–Kier alpha value is -3.16. The number of nitrogens with zero attached hydrogens (tertiary/aromatic N) is 7. The summed E-state index contributed by atoms with van der Waals surface area (Å²) in [6.45, 7) is 3.69. The van der Waals surface area contributed by atoms with Gasteiger partial charge in [-0.3, -0.25) is 9.88 Å². The summed E-state index contributed by atoms with van der Waals surface area (Å²) in [5.41, 5.74) is 15.2. The molecule has 0 spiro atoms. The number of azide groups is 1. The Morgan fingerprint density at radius 3 is 2.88 bits per heavy atom. The Bertz CT molecular complexity index is 1220. The molecule has 5 rings (SSSR count). The van der Waals surface area contributed by atoms with Crippen molar-refractivity contribution in [3.63, 3.8) is 0 Å². The predicted molar refractivity (Wildman–Crippen MR) is 125 cm³/mol. The molecule has 3 heterocycles. The molecule has 1 unspecified atom stereocenters. The van der Waals surface area contributed by atoms with Gasteiger partial charge in [0.1, 0.15) is 6.04 Å². The lowest BCUT2D eigenvalue weighted by Crippen LogP contribution is -2.45. The Morgan fingerprint density at radius 2 is 2.12 bits per heavy atom. The smallest absolute Gasteiger partial charge is 0.105 e. The highest BCUT2D eigenvalue weighted by Crippen LogP contribution is 2.45. The number of hydrogen-bond acceptors (Lipinski definition) is 5. The molecular weight excluding hydrogens is 424 g/mol. The van der Waals surface area contributed by atoms with Crippen molar-refractivity contribution in [3.05, 3.63) is 92.6 Å². The van der Waals surface area contributed by atoms with Crippen molar-refractivity contribution in [2.45, 2.75) is 12.1 Å². The third-order valence-electron chi connectivity index (χ3n) is 6.17. The van der Waals surface area contributed by atoms with E-state index in [9.17, 15) is 5.53 Å². The fraction of sp³-hybridized carbons (Fsp3) is 0.304. The Balaban J connectivity index is 1.78. The molecule has 0 amide bonds. The van der Waals surface area contributed by atoms with Crippen molar-refractivity contribution in [2.75, 3.05) is 26.2 Å². The van der Waals surface area contributed by atoms with Gasteiger partial charge in [0.2, 0.25) is 0 Å². The molecule has 1 aliphatic heterocycles. The molecule has 9 heteroatoms. The van der Waals surface area contributed by atoms with Crippen LogP contribution in [0.25, 0.3) is 22.1 Å². The molecule has 32 heavy (non-hydrogen) atoms. The summed E-state index contributed by atoms with van der Waals surface area (Å²) in [5, 5.41) is 8.27. The second-order valence-corrected chi connectivity index (χ2v) is 8.47. The molecule has 1 aliphatic carbocycles. The number of halogens is 1. The number of benzene rings is 1. The van der Waals surface area contributed by atoms with Gasteiger partial charge in [0.15, 0.2) is 0 Å². The van der Waals surface area contributed by atoms with Crippen molar-refractivity contribution in [1.29, 1.82) is 0 Å². The summed E-state index contributed by atoms with van der Waals surface area (Å²) < 4.78 is 1.88. The Kier molecular flexibility index (Phi) is 5.68. The number of aryl methyl sites for hydroxylation is 1. The van der Waals surface area contributed by atoms with Crippen molar-refractivity contribution in [3.8, 4) is 0 Å². The minimum Gasteiger partial charge on any atom is -0.337 e. The molecule has 2 aromatic heterocycles. The second kappa shape index (κ2) is 8.76. The molecular formula is C23H23ClN8. The average molecular weight is 447 g/mol. The van der Waals surface area contributed by atoms with E-state index in [1.54, 1.807) is 12.5 Å². The van der Waals surface area contributed by atoms with E-state index in [4.69, 9.17) is 16.6 Å². The van der Waals surface area contributed by atoms with Gasteiger partial charge in [-0.05, 0) is 52.1 Å². The van der Waals surface area contributed by atoms with Crippen LogP contribution in [-0.4, -0.2) is 45.6 Å². The predicted octanol–water partition coefficient (Wildman–Crippen LogP) is 4.37. The van der Waals surface area contributed by atoms with Crippen LogP contribution in [-0.2, 0) is 7.05 Å². The molecule has 8 nitrogen and oxygen atoms in total. The van der Waals surface area contributed by atoms with Gasteiger partial charge in [0, 0.05) is 55.6 Å². The molecule has 0 bridgehead atoms. The summed E-state index contributed by atoms with van der Waals surface area (Å²) in [4.78, 5) is 14.7. The van der Waals surface area contributed by atoms with Gasteiger partial charge in [-0.25, -0.2) is 4.98 Å². The zero-order valence-electron chi connectivity index (χ0n) is 17.7. The number of piperazine rings is 1. The van der Waals surface area contributed by atoms with Crippen LogP contribution in [0.15, 0.2) is 54.2 Å². The molecule has 1 aromatic carbocycles. The van der Waals surface area contributed by atoms with E-state index in [1.165, 1.54) is 0 Å². The molecule has 2 aliphatic rings. The number of hydrogen-bond donors (Lipinski definition) is 1.